The Morgan fingerprint density at radius 2 is 2.29 bits per heavy atom. The summed E-state index contributed by atoms with van der Waals surface area (Å²) in [6.07, 6.45) is 11.2. The van der Waals surface area contributed by atoms with E-state index in [1.807, 2.05) is 30.4 Å². The standard InChI is InChI=1S/C13H18N4/c1-3-17-12-7-6-10(5-4-8-14)9-11(12)13(15)16-2/h3-7,9,16H,1,8,14-15H2,2H3/b5-4+,13-11+,17-12-. The van der Waals surface area contributed by atoms with Crippen LogP contribution in [0.3, 0.4) is 0 Å². The quantitative estimate of drug-likeness (QED) is 0.673. The molecule has 0 heterocycles. The highest BCUT2D eigenvalue weighted by Gasteiger charge is 2.10. The Bertz CT molecular complexity index is 436. The zero-order valence-corrected chi connectivity index (χ0v) is 9.98. The van der Waals surface area contributed by atoms with Gasteiger partial charge < -0.3 is 16.8 Å². The second-order valence-corrected chi connectivity index (χ2v) is 3.39. The van der Waals surface area contributed by atoms with E-state index in [2.05, 4.69) is 16.9 Å². The molecule has 0 spiro atoms. The minimum Gasteiger partial charge on any atom is -0.385 e. The van der Waals surface area contributed by atoms with Crippen molar-refractivity contribution >= 4 is 5.71 Å². The topological polar surface area (TPSA) is 76.4 Å². The van der Waals surface area contributed by atoms with Gasteiger partial charge in [-0.05, 0) is 17.7 Å². The maximum absolute atomic E-state index is 5.89. The summed E-state index contributed by atoms with van der Waals surface area (Å²) >= 11 is 0. The average Bonchev–Trinajstić information content (AvgIpc) is 2.37. The first-order valence-electron chi connectivity index (χ1n) is 5.36. The van der Waals surface area contributed by atoms with Crippen molar-refractivity contribution in [3.63, 3.8) is 0 Å². The fraction of sp³-hybridized carbons (Fsp3) is 0.154. The molecule has 0 fully saturated rings. The van der Waals surface area contributed by atoms with Crippen LogP contribution in [-0.4, -0.2) is 19.3 Å². The van der Waals surface area contributed by atoms with E-state index in [4.69, 9.17) is 11.5 Å². The van der Waals surface area contributed by atoms with Gasteiger partial charge >= 0.3 is 0 Å². The predicted octanol–water partition coefficient (Wildman–Crippen LogP) is 0.972. The average molecular weight is 230 g/mol. The van der Waals surface area contributed by atoms with E-state index < -0.39 is 0 Å². The van der Waals surface area contributed by atoms with Crippen molar-refractivity contribution in [2.24, 2.45) is 16.5 Å². The predicted molar refractivity (Wildman–Crippen MR) is 73.3 cm³/mol. The number of rotatable bonds is 4. The van der Waals surface area contributed by atoms with E-state index >= 15 is 0 Å². The maximum atomic E-state index is 5.89. The van der Waals surface area contributed by atoms with Gasteiger partial charge in [-0.25, -0.2) is 0 Å². The lowest BCUT2D eigenvalue weighted by atomic mass is 9.99. The van der Waals surface area contributed by atoms with Gasteiger partial charge in [0.2, 0.25) is 0 Å². The molecule has 5 N–H and O–H groups in total. The van der Waals surface area contributed by atoms with Crippen LogP contribution in [0.1, 0.15) is 0 Å². The van der Waals surface area contributed by atoms with Gasteiger partial charge in [-0.1, -0.05) is 24.8 Å². The van der Waals surface area contributed by atoms with E-state index in [1.165, 1.54) is 6.20 Å². The summed E-state index contributed by atoms with van der Waals surface area (Å²) in [6, 6.07) is 0. The van der Waals surface area contributed by atoms with Crippen LogP contribution in [0.4, 0.5) is 0 Å². The molecule has 0 aromatic carbocycles. The third kappa shape index (κ3) is 3.46. The van der Waals surface area contributed by atoms with Crippen molar-refractivity contribution in [3.8, 4) is 0 Å². The molecule has 0 radical (unpaired) electrons. The lowest BCUT2D eigenvalue weighted by Gasteiger charge is -2.12. The number of aliphatic imine (C=N–C) groups is 1. The largest absolute Gasteiger partial charge is 0.385 e. The molecule has 1 rings (SSSR count). The summed E-state index contributed by atoms with van der Waals surface area (Å²) in [4.78, 5) is 4.17. The van der Waals surface area contributed by atoms with Crippen LogP contribution in [0.15, 0.2) is 65.1 Å². The SMILES string of the molecule is C=C/N=C1C=CC(/C=C/CN)=CC/1=C(/N)NC. The highest BCUT2D eigenvalue weighted by Crippen LogP contribution is 2.16. The molecule has 0 saturated carbocycles. The lowest BCUT2D eigenvalue weighted by Crippen LogP contribution is -2.21. The number of allylic oxidation sites excluding steroid dienone is 6. The molecule has 17 heavy (non-hydrogen) atoms. The summed E-state index contributed by atoms with van der Waals surface area (Å²) in [7, 11) is 1.77. The van der Waals surface area contributed by atoms with Crippen molar-refractivity contribution < 1.29 is 0 Å². The summed E-state index contributed by atoms with van der Waals surface area (Å²) < 4.78 is 0. The van der Waals surface area contributed by atoms with E-state index in [0.717, 1.165) is 16.9 Å². The molecular formula is C13H18N4. The van der Waals surface area contributed by atoms with E-state index in [-0.39, 0.29) is 0 Å². The first-order valence-corrected chi connectivity index (χ1v) is 5.36. The Balaban J connectivity index is 3.14. The van der Waals surface area contributed by atoms with Gasteiger partial charge in [-0.15, -0.1) is 0 Å². The summed E-state index contributed by atoms with van der Waals surface area (Å²) in [5, 5.41) is 2.91. The minimum atomic E-state index is 0.513. The van der Waals surface area contributed by atoms with Gasteiger partial charge in [0, 0.05) is 25.4 Å². The van der Waals surface area contributed by atoms with Gasteiger partial charge in [0.05, 0.1) is 5.71 Å². The van der Waals surface area contributed by atoms with E-state index in [0.29, 0.717) is 12.4 Å². The zero-order chi connectivity index (χ0) is 12.7. The third-order valence-corrected chi connectivity index (χ3v) is 2.26. The lowest BCUT2D eigenvalue weighted by molar-refractivity contribution is 0.956. The normalized spacial score (nSPS) is 20.6. The van der Waals surface area contributed by atoms with E-state index in [9.17, 15) is 0 Å². The molecule has 0 unspecified atom stereocenters. The van der Waals surface area contributed by atoms with Gasteiger partial charge in [0.15, 0.2) is 0 Å². The van der Waals surface area contributed by atoms with Crippen LogP contribution in [0, 0.1) is 0 Å². The fourth-order valence-corrected chi connectivity index (χ4v) is 1.42. The molecule has 4 nitrogen and oxygen atoms in total. The molecule has 4 heteroatoms. The first kappa shape index (κ1) is 13.0. The van der Waals surface area contributed by atoms with Crippen molar-refractivity contribution in [1.82, 2.24) is 5.32 Å². The van der Waals surface area contributed by atoms with E-state index in [1.54, 1.807) is 7.05 Å². The molecule has 90 valence electrons. The number of hydrogen-bond acceptors (Lipinski definition) is 4. The van der Waals surface area contributed by atoms with Gasteiger partial charge in [0.25, 0.3) is 0 Å². The van der Waals surface area contributed by atoms with Crippen LogP contribution in [-0.2, 0) is 0 Å². The number of nitrogens with one attached hydrogen (secondary N) is 1. The van der Waals surface area contributed by atoms with Crippen LogP contribution in [0.2, 0.25) is 0 Å². The molecule has 1 aliphatic carbocycles. The Hall–Kier alpha value is -2.07. The van der Waals surface area contributed by atoms with Crippen molar-refractivity contribution in [2.45, 2.75) is 0 Å². The van der Waals surface area contributed by atoms with Crippen LogP contribution in [0.5, 0.6) is 0 Å². The molecular weight excluding hydrogens is 212 g/mol. The number of nitrogens with zero attached hydrogens (tertiary/aromatic N) is 1. The molecule has 0 aliphatic heterocycles. The molecule has 0 bridgehead atoms. The number of hydrogen-bond donors (Lipinski definition) is 3. The van der Waals surface area contributed by atoms with Crippen LogP contribution >= 0.6 is 0 Å². The number of nitrogens with two attached hydrogens (primary N) is 2. The van der Waals surface area contributed by atoms with Crippen molar-refractivity contribution in [3.05, 3.63) is 60.1 Å². The molecule has 0 aromatic heterocycles. The zero-order valence-electron chi connectivity index (χ0n) is 9.98. The first-order chi connectivity index (χ1) is 8.22. The molecule has 0 saturated heterocycles. The fourth-order valence-electron chi connectivity index (χ4n) is 1.42. The van der Waals surface area contributed by atoms with Gasteiger partial charge in [0.1, 0.15) is 5.82 Å². The maximum Gasteiger partial charge on any atom is 0.105 e. The second-order valence-electron chi connectivity index (χ2n) is 3.39. The smallest absolute Gasteiger partial charge is 0.105 e. The van der Waals surface area contributed by atoms with Crippen LogP contribution < -0.4 is 16.8 Å². The monoisotopic (exact) mass is 230 g/mol. The molecule has 0 atom stereocenters. The minimum absolute atomic E-state index is 0.513. The molecule has 1 aliphatic rings. The Kier molecular flexibility index (Phi) is 4.97. The summed E-state index contributed by atoms with van der Waals surface area (Å²) in [5.41, 5.74) is 14.0. The van der Waals surface area contributed by atoms with Crippen molar-refractivity contribution in [1.29, 1.82) is 0 Å². The molecule has 0 aromatic rings. The Morgan fingerprint density at radius 3 is 2.88 bits per heavy atom. The van der Waals surface area contributed by atoms with Gasteiger partial charge in [-0.3, -0.25) is 4.99 Å². The van der Waals surface area contributed by atoms with Crippen LogP contribution in [0.25, 0.3) is 0 Å². The summed E-state index contributed by atoms with van der Waals surface area (Å²) in [6.45, 7) is 4.10. The molecule has 0 amide bonds. The Labute approximate surface area is 102 Å². The van der Waals surface area contributed by atoms with Gasteiger partial charge in [-0.2, -0.15) is 0 Å². The second kappa shape index (κ2) is 6.50. The third-order valence-electron chi connectivity index (χ3n) is 2.26. The van der Waals surface area contributed by atoms with Crippen molar-refractivity contribution in [2.75, 3.05) is 13.6 Å². The highest BCUT2D eigenvalue weighted by molar-refractivity contribution is 6.12. The summed E-state index contributed by atoms with van der Waals surface area (Å²) in [5.74, 6) is 0.577. The Morgan fingerprint density at radius 1 is 1.53 bits per heavy atom. The highest BCUT2D eigenvalue weighted by atomic mass is 15.0.